The van der Waals surface area contributed by atoms with Crippen molar-refractivity contribution in [2.24, 2.45) is 27.0 Å². The van der Waals surface area contributed by atoms with Crippen LogP contribution >= 0.6 is 0 Å². The van der Waals surface area contributed by atoms with Crippen molar-refractivity contribution in [3.05, 3.63) is 17.7 Å². The van der Waals surface area contributed by atoms with E-state index in [2.05, 4.69) is 31.0 Å². The molecule has 2 saturated carbocycles. The number of carbonyl (C=O) groups is 1. The monoisotopic (exact) mass is 372 g/mol. The number of hydrogen-bond donors (Lipinski definition) is 0. The van der Waals surface area contributed by atoms with Crippen molar-refractivity contribution in [3.8, 4) is 17.2 Å². The van der Waals surface area contributed by atoms with E-state index in [4.69, 9.17) is 14.2 Å². The van der Waals surface area contributed by atoms with Gasteiger partial charge in [0, 0.05) is 23.6 Å². The van der Waals surface area contributed by atoms with E-state index in [1.165, 1.54) is 39.7 Å². The number of carbonyl (C=O) groups excluding carboxylic acids is 1. The average Bonchev–Trinajstić information content (AvgIpc) is 2.95. The third-order valence-electron chi connectivity index (χ3n) is 6.63. The zero-order valence-electron chi connectivity index (χ0n) is 17.0. The minimum absolute atomic E-state index is 0.129. The van der Waals surface area contributed by atoms with Gasteiger partial charge in [-0.2, -0.15) is 10.2 Å². The van der Waals surface area contributed by atoms with Gasteiger partial charge in [0.1, 0.15) is 0 Å². The number of fused-ring (bicyclic) bond motifs is 2. The number of rotatable bonds is 5. The minimum atomic E-state index is -0.438. The lowest BCUT2D eigenvalue weighted by atomic mass is 9.70. The first-order chi connectivity index (χ1) is 12.7. The number of hydrogen-bond acceptors (Lipinski definition) is 6. The van der Waals surface area contributed by atoms with Gasteiger partial charge in [0.05, 0.1) is 20.4 Å². The number of benzene rings is 1. The molecule has 0 saturated heterocycles. The molecule has 6 heteroatoms. The molecule has 0 amide bonds. The lowest BCUT2D eigenvalue weighted by molar-refractivity contribution is -0.132. The van der Waals surface area contributed by atoms with Gasteiger partial charge in [-0.05, 0) is 42.7 Å². The van der Waals surface area contributed by atoms with Crippen LogP contribution in [0.5, 0.6) is 17.2 Å². The Morgan fingerprint density at radius 3 is 2.26 bits per heavy atom. The van der Waals surface area contributed by atoms with Crippen molar-refractivity contribution in [1.82, 2.24) is 0 Å². The molecule has 6 nitrogen and oxygen atoms in total. The fourth-order valence-corrected chi connectivity index (χ4v) is 4.46. The molecule has 0 heterocycles. The molecule has 2 fully saturated rings. The Bertz CT molecular complexity index is 787. The number of esters is 1. The highest BCUT2D eigenvalue weighted by Crippen LogP contribution is 2.64. The zero-order chi connectivity index (χ0) is 19.8. The van der Waals surface area contributed by atoms with Crippen molar-refractivity contribution in [1.29, 1.82) is 0 Å². The second-order valence-electron chi connectivity index (χ2n) is 8.13. The first-order valence-corrected chi connectivity index (χ1v) is 9.27. The maximum atomic E-state index is 11.3. The van der Waals surface area contributed by atoms with E-state index < -0.39 is 5.97 Å². The summed E-state index contributed by atoms with van der Waals surface area (Å²) in [4.78, 5) is 11.3. The molecule has 3 rings (SSSR count). The molecule has 0 spiro atoms. The fourth-order valence-electron chi connectivity index (χ4n) is 4.46. The van der Waals surface area contributed by atoms with Gasteiger partial charge in [-0.15, -0.1) is 0 Å². The SMILES string of the molecule is COc1cc(/C=N\N=C2\C[C@H]3CC[C@@]2(C)C3(C)C)cc(OC)c1OC(C)=O. The predicted octanol–water partition coefficient (Wildman–Crippen LogP) is 4.25. The summed E-state index contributed by atoms with van der Waals surface area (Å²) in [6.45, 7) is 8.34. The van der Waals surface area contributed by atoms with Crippen LogP contribution in [0, 0.1) is 16.7 Å². The molecule has 2 bridgehead atoms. The first kappa shape index (κ1) is 19.4. The van der Waals surface area contributed by atoms with Crippen molar-refractivity contribution < 1.29 is 19.0 Å². The van der Waals surface area contributed by atoms with Crippen molar-refractivity contribution in [2.45, 2.75) is 47.0 Å². The Labute approximate surface area is 160 Å². The van der Waals surface area contributed by atoms with E-state index in [0.717, 1.165) is 12.0 Å². The maximum absolute atomic E-state index is 11.3. The zero-order valence-corrected chi connectivity index (χ0v) is 17.0. The fraction of sp³-hybridized carbons (Fsp3) is 0.571. The lowest BCUT2D eigenvalue weighted by Gasteiger charge is -2.34. The first-order valence-electron chi connectivity index (χ1n) is 9.27. The second kappa shape index (κ2) is 6.98. The third kappa shape index (κ3) is 3.22. The summed E-state index contributed by atoms with van der Waals surface area (Å²) in [6, 6.07) is 3.49. The van der Waals surface area contributed by atoms with Crippen LogP contribution in [-0.2, 0) is 4.79 Å². The van der Waals surface area contributed by atoms with Crippen molar-refractivity contribution >= 4 is 17.9 Å². The highest BCUT2D eigenvalue weighted by molar-refractivity contribution is 5.95. The number of nitrogens with zero attached hydrogens (tertiary/aromatic N) is 2. The van der Waals surface area contributed by atoms with Gasteiger partial charge in [0.15, 0.2) is 11.5 Å². The molecule has 27 heavy (non-hydrogen) atoms. The third-order valence-corrected chi connectivity index (χ3v) is 6.63. The van der Waals surface area contributed by atoms with E-state index in [1.54, 1.807) is 18.3 Å². The van der Waals surface area contributed by atoms with Gasteiger partial charge in [0.2, 0.25) is 5.75 Å². The van der Waals surface area contributed by atoms with Gasteiger partial charge < -0.3 is 14.2 Å². The summed E-state index contributed by atoms with van der Waals surface area (Å²) >= 11 is 0. The van der Waals surface area contributed by atoms with Crippen LogP contribution in [0.3, 0.4) is 0 Å². The number of ether oxygens (including phenoxy) is 3. The molecule has 0 radical (unpaired) electrons. The summed E-state index contributed by atoms with van der Waals surface area (Å²) in [5, 5.41) is 8.91. The summed E-state index contributed by atoms with van der Waals surface area (Å²) in [6.07, 6.45) is 5.16. The summed E-state index contributed by atoms with van der Waals surface area (Å²) in [7, 11) is 3.03. The van der Waals surface area contributed by atoms with E-state index in [0.29, 0.717) is 17.4 Å². The molecular weight excluding hydrogens is 344 g/mol. The van der Waals surface area contributed by atoms with Crippen LogP contribution in [0.4, 0.5) is 0 Å². The summed E-state index contributed by atoms with van der Waals surface area (Å²) < 4.78 is 15.9. The van der Waals surface area contributed by atoms with Gasteiger partial charge in [-0.1, -0.05) is 20.8 Å². The topological polar surface area (TPSA) is 69.5 Å². The molecule has 1 aromatic carbocycles. The Morgan fingerprint density at radius 1 is 1.19 bits per heavy atom. The molecular formula is C21H28N2O4. The second-order valence-corrected chi connectivity index (χ2v) is 8.13. The van der Waals surface area contributed by atoms with E-state index in [9.17, 15) is 4.79 Å². The largest absolute Gasteiger partial charge is 0.493 e. The molecule has 2 aliphatic carbocycles. The molecule has 0 unspecified atom stereocenters. The van der Waals surface area contributed by atoms with Crippen LogP contribution in [0.2, 0.25) is 0 Å². The Balaban J connectivity index is 1.87. The molecule has 0 aromatic heterocycles. The van der Waals surface area contributed by atoms with Crippen LogP contribution in [0.15, 0.2) is 22.3 Å². The van der Waals surface area contributed by atoms with E-state index >= 15 is 0 Å². The lowest BCUT2D eigenvalue weighted by Crippen LogP contribution is -2.32. The highest BCUT2D eigenvalue weighted by Gasteiger charge is 2.59. The standard InChI is InChI=1S/C21H28N2O4/c1-13(24)27-19-16(25-5)9-14(10-17(19)26-6)12-22-23-18-11-15-7-8-21(18,4)20(15,2)3/h9-10,12,15H,7-8,11H2,1-6H3/b22-12-,23-18-/t15-,21-/m1/s1. The van der Waals surface area contributed by atoms with Crippen LogP contribution in [0.1, 0.15) is 52.5 Å². The highest BCUT2D eigenvalue weighted by atomic mass is 16.6. The normalized spacial score (nSPS) is 27.3. The smallest absolute Gasteiger partial charge is 0.308 e. The average molecular weight is 372 g/mol. The Hall–Kier alpha value is -2.37. The van der Waals surface area contributed by atoms with Crippen LogP contribution in [-0.4, -0.2) is 32.1 Å². The van der Waals surface area contributed by atoms with Crippen LogP contribution in [0.25, 0.3) is 0 Å². The van der Waals surface area contributed by atoms with Crippen molar-refractivity contribution in [2.75, 3.05) is 14.2 Å². The molecule has 2 atom stereocenters. The maximum Gasteiger partial charge on any atom is 0.308 e. The molecule has 2 aliphatic rings. The quantitative estimate of drug-likeness (QED) is 0.335. The minimum Gasteiger partial charge on any atom is -0.493 e. The van der Waals surface area contributed by atoms with E-state index in [-0.39, 0.29) is 16.6 Å². The van der Waals surface area contributed by atoms with Gasteiger partial charge >= 0.3 is 5.97 Å². The van der Waals surface area contributed by atoms with Gasteiger partial charge in [-0.3, -0.25) is 4.79 Å². The van der Waals surface area contributed by atoms with Gasteiger partial charge in [-0.25, -0.2) is 0 Å². The Kier molecular flexibility index (Phi) is 5.02. The summed E-state index contributed by atoms with van der Waals surface area (Å²) in [5.74, 6) is 1.34. The molecule has 0 aliphatic heterocycles. The predicted molar refractivity (Wildman–Crippen MR) is 105 cm³/mol. The van der Waals surface area contributed by atoms with Crippen LogP contribution < -0.4 is 14.2 Å². The molecule has 0 N–H and O–H groups in total. The van der Waals surface area contributed by atoms with Crippen molar-refractivity contribution in [3.63, 3.8) is 0 Å². The van der Waals surface area contributed by atoms with E-state index in [1.807, 2.05) is 0 Å². The van der Waals surface area contributed by atoms with Gasteiger partial charge in [0.25, 0.3) is 0 Å². The summed E-state index contributed by atoms with van der Waals surface area (Å²) in [5.41, 5.74) is 2.36. The number of methoxy groups -OCH3 is 2. The molecule has 1 aromatic rings. The molecule has 146 valence electrons. The Morgan fingerprint density at radius 2 is 1.81 bits per heavy atom.